The fourth-order valence-corrected chi connectivity index (χ4v) is 4.11. The van der Waals surface area contributed by atoms with Crippen LogP contribution in [-0.4, -0.2) is 56.4 Å². The lowest BCUT2D eigenvalue weighted by molar-refractivity contribution is -0.140. The van der Waals surface area contributed by atoms with E-state index in [1.165, 1.54) is 19.2 Å². The van der Waals surface area contributed by atoms with Crippen LogP contribution in [-0.2, 0) is 23.2 Å². The molecule has 0 N–H and O–H groups in total. The van der Waals surface area contributed by atoms with Crippen molar-refractivity contribution in [3.05, 3.63) is 34.9 Å². The molecule has 134 valence electrons. The second-order valence-corrected chi connectivity index (χ2v) is 7.45. The van der Waals surface area contributed by atoms with E-state index in [4.69, 9.17) is 17.0 Å². The Bertz CT molecular complexity index is 819. The zero-order chi connectivity index (χ0) is 18.0. The minimum Gasteiger partial charge on any atom is -0.468 e. The zero-order valence-electron chi connectivity index (χ0n) is 14.0. The van der Waals surface area contributed by atoms with Crippen LogP contribution in [0.2, 0.25) is 0 Å². The van der Waals surface area contributed by atoms with Gasteiger partial charge < -0.3 is 9.30 Å². The molecule has 0 spiro atoms. The Morgan fingerprint density at radius 3 is 2.84 bits per heavy atom. The van der Waals surface area contributed by atoms with Crippen LogP contribution >= 0.6 is 24.0 Å². The highest BCUT2D eigenvalue weighted by Crippen LogP contribution is 2.21. The van der Waals surface area contributed by atoms with Crippen molar-refractivity contribution < 1.29 is 13.9 Å². The molecule has 0 unspecified atom stereocenters. The molecule has 0 amide bonds. The molecule has 0 radical (unpaired) electrons. The summed E-state index contributed by atoms with van der Waals surface area (Å²) < 4.78 is 22.1. The van der Waals surface area contributed by atoms with Gasteiger partial charge in [0, 0.05) is 31.5 Å². The smallest absolute Gasteiger partial charge is 0.320 e. The Morgan fingerprint density at radius 1 is 1.44 bits per heavy atom. The van der Waals surface area contributed by atoms with E-state index in [9.17, 15) is 9.18 Å². The van der Waals surface area contributed by atoms with Crippen molar-refractivity contribution in [2.45, 2.75) is 11.9 Å². The number of nitrogens with zero attached hydrogens (tertiary/aromatic N) is 4. The van der Waals surface area contributed by atoms with Crippen molar-refractivity contribution in [1.29, 1.82) is 0 Å². The van der Waals surface area contributed by atoms with Gasteiger partial charge in [-0.1, -0.05) is 0 Å². The number of benzene rings is 1. The van der Waals surface area contributed by atoms with Gasteiger partial charge in [-0.15, -0.1) is 11.8 Å². The van der Waals surface area contributed by atoms with Gasteiger partial charge in [0.2, 0.25) is 0 Å². The molecule has 1 fully saturated rings. The number of thioether (sulfide) groups is 1. The number of carbonyl (C=O) groups excluding carboxylic acids is 1. The molecular formula is C16H19FN4O2S2. The number of methoxy groups -OCH3 is 1. The third-order valence-corrected chi connectivity index (χ3v) is 5.74. The third kappa shape index (κ3) is 3.94. The summed E-state index contributed by atoms with van der Waals surface area (Å²) in [4.78, 5) is 13.9. The third-order valence-electron chi connectivity index (χ3n) is 4.09. The van der Waals surface area contributed by atoms with E-state index in [2.05, 4.69) is 10.00 Å². The highest BCUT2D eigenvalue weighted by Gasteiger charge is 2.27. The van der Waals surface area contributed by atoms with Gasteiger partial charge in [0.25, 0.3) is 0 Å². The molecule has 0 aliphatic carbocycles. The Balaban J connectivity index is 1.79. The normalized spacial score (nSPS) is 18.3. The first kappa shape index (κ1) is 18.1. The summed E-state index contributed by atoms with van der Waals surface area (Å²) in [6.45, 7) is 1.95. The van der Waals surface area contributed by atoms with E-state index in [1.54, 1.807) is 33.1 Å². The lowest BCUT2D eigenvalue weighted by Crippen LogP contribution is -2.42. The predicted octanol–water partition coefficient (Wildman–Crippen LogP) is 2.31. The molecule has 1 saturated heterocycles. The first-order valence-corrected chi connectivity index (χ1v) is 9.27. The van der Waals surface area contributed by atoms with Gasteiger partial charge >= 0.3 is 5.97 Å². The zero-order valence-corrected chi connectivity index (χ0v) is 15.6. The van der Waals surface area contributed by atoms with Gasteiger partial charge in [0.1, 0.15) is 11.1 Å². The number of carbonyl (C=O) groups is 1. The van der Waals surface area contributed by atoms with Crippen molar-refractivity contribution in [2.24, 2.45) is 7.05 Å². The number of ether oxygens (including phenoxy) is 1. The van der Waals surface area contributed by atoms with E-state index in [0.717, 1.165) is 17.9 Å². The van der Waals surface area contributed by atoms with E-state index < -0.39 is 0 Å². The Hall–Kier alpha value is -1.71. The highest BCUT2D eigenvalue weighted by atomic mass is 32.2. The van der Waals surface area contributed by atoms with Gasteiger partial charge in [-0.05, 0) is 36.5 Å². The SMILES string of the molecule is COC(=O)[C@H]1CN(Cn2nc(-c3ccc(F)cc3)n(C)c2=S)CCS1. The number of hydrogen-bond donors (Lipinski definition) is 0. The summed E-state index contributed by atoms with van der Waals surface area (Å²) in [5.41, 5.74) is 0.801. The predicted molar refractivity (Wildman–Crippen MR) is 97.3 cm³/mol. The van der Waals surface area contributed by atoms with Gasteiger partial charge in [0.05, 0.1) is 13.8 Å². The molecule has 0 saturated carbocycles. The van der Waals surface area contributed by atoms with E-state index in [1.807, 2.05) is 7.05 Å². The van der Waals surface area contributed by atoms with Crippen molar-refractivity contribution in [2.75, 3.05) is 26.0 Å². The van der Waals surface area contributed by atoms with Crippen LogP contribution in [0, 0.1) is 10.6 Å². The molecule has 2 heterocycles. The van der Waals surface area contributed by atoms with Crippen molar-refractivity contribution >= 4 is 29.9 Å². The molecule has 3 rings (SSSR count). The largest absolute Gasteiger partial charge is 0.468 e. The fourth-order valence-electron chi connectivity index (χ4n) is 2.72. The summed E-state index contributed by atoms with van der Waals surface area (Å²) in [6.07, 6.45) is 0. The first-order valence-electron chi connectivity index (χ1n) is 7.81. The molecule has 1 aromatic carbocycles. The first-order chi connectivity index (χ1) is 12.0. The summed E-state index contributed by atoms with van der Waals surface area (Å²) in [7, 11) is 3.25. The van der Waals surface area contributed by atoms with Gasteiger partial charge in [-0.2, -0.15) is 5.10 Å². The topological polar surface area (TPSA) is 52.3 Å². The lowest BCUT2D eigenvalue weighted by atomic mass is 10.2. The fraction of sp³-hybridized carbons (Fsp3) is 0.438. The van der Waals surface area contributed by atoms with E-state index in [0.29, 0.717) is 23.8 Å². The quantitative estimate of drug-likeness (QED) is 0.598. The van der Waals surface area contributed by atoms with Crippen LogP contribution in [0.5, 0.6) is 0 Å². The summed E-state index contributed by atoms with van der Waals surface area (Å²) >= 11 is 7.09. The lowest BCUT2D eigenvalue weighted by Gasteiger charge is -2.30. The molecule has 1 aromatic heterocycles. The summed E-state index contributed by atoms with van der Waals surface area (Å²) in [5.74, 6) is 1.04. The van der Waals surface area contributed by atoms with Crippen LogP contribution in [0.25, 0.3) is 11.4 Å². The average molecular weight is 382 g/mol. The minimum atomic E-state index is -0.288. The van der Waals surface area contributed by atoms with Crippen LogP contribution in [0.1, 0.15) is 0 Å². The van der Waals surface area contributed by atoms with Crippen molar-refractivity contribution in [3.8, 4) is 11.4 Å². The molecule has 6 nitrogen and oxygen atoms in total. The molecular weight excluding hydrogens is 363 g/mol. The maximum absolute atomic E-state index is 13.1. The van der Waals surface area contributed by atoms with Gasteiger partial charge in [0.15, 0.2) is 10.6 Å². The minimum absolute atomic E-state index is 0.187. The van der Waals surface area contributed by atoms with Crippen LogP contribution < -0.4 is 0 Å². The molecule has 1 aliphatic rings. The molecule has 25 heavy (non-hydrogen) atoms. The van der Waals surface area contributed by atoms with Gasteiger partial charge in [-0.25, -0.2) is 9.07 Å². The maximum atomic E-state index is 13.1. The summed E-state index contributed by atoms with van der Waals surface area (Å²) in [5, 5.41) is 4.39. The highest BCUT2D eigenvalue weighted by molar-refractivity contribution is 8.00. The average Bonchev–Trinajstić information content (AvgIpc) is 2.90. The van der Waals surface area contributed by atoms with Crippen LogP contribution in [0.4, 0.5) is 4.39 Å². The second-order valence-electron chi connectivity index (χ2n) is 5.77. The maximum Gasteiger partial charge on any atom is 0.320 e. The molecule has 9 heteroatoms. The number of hydrogen-bond acceptors (Lipinski definition) is 6. The van der Waals surface area contributed by atoms with E-state index in [-0.39, 0.29) is 17.0 Å². The van der Waals surface area contributed by atoms with Crippen molar-refractivity contribution in [1.82, 2.24) is 19.2 Å². The monoisotopic (exact) mass is 382 g/mol. The van der Waals surface area contributed by atoms with Gasteiger partial charge in [-0.3, -0.25) is 9.69 Å². The number of aromatic nitrogens is 3. The Kier molecular flexibility index (Phi) is 5.55. The number of esters is 1. The van der Waals surface area contributed by atoms with Crippen molar-refractivity contribution in [3.63, 3.8) is 0 Å². The molecule has 1 aliphatic heterocycles. The Labute approximate surface area is 154 Å². The van der Waals surface area contributed by atoms with E-state index >= 15 is 0 Å². The number of halogens is 1. The Morgan fingerprint density at radius 2 is 2.16 bits per heavy atom. The second kappa shape index (κ2) is 7.67. The van der Waals surface area contributed by atoms with Crippen LogP contribution in [0.15, 0.2) is 24.3 Å². The number of rotatable bonds is 4. The molecule has 2 aromatic rings. The summed E-state index contributed by atoms with van der Waals surface area (Å²) in [6, 6.07) is 6.17. The molecule has 0 bridgehead atoms. The van der Waals surface area contributed by atoms with Crippen LogP contribution in [0.3, 0.4) is 0 Å². The molecule has 1 atom stereocenters. The standard InChI is InChI=1S/C16H19FN4O2S2/c1-19-14(11-3-5-12(17)6-4-11)18-21(16(19)24)10-20-7-8-25-13(9-20)15(22)23-2/h3-6,13H,7-10H2,1-2H3/t13-/m1/s1.